The number of hydrogen-bond acceptors (Lipinski definition) is 5. The molecule has 0 atom stereocenters. The largest absolute Gasteiger partial charge is 0.295 e. The number of halogens is 1. The Morgan fingerprint density at radius 2 is 2.10 bits per heavy atom. The maximum Gasteiger partial charge on any atom is 0.180 e. The zero-order chi connectivity index (χ0) is 20.4. The molecule has 1 aliphatic carbocycles. The highest BCUT2D eigenvalue weighted by atomic mass is 35.5. The molecule has 6 heteroatoms. The van der Waals surface area contributed by atoms with Crippen molar-refractivity contribution in [2.75, 3.05) is 13.1 Å². The molecule has 148 valence electrons. The molecule has 2 aromatic rings. The summed E-state index contributed by atoms with van der Waals surface area (Å²) in [6.45, 7) is 4.41. The van der Waals surface area contributed by atoms with Crippen molar-refractivity contribution in [1.82, 2.24) is 14.9 Å². The monoisotopic (exact) mass is 407 g/mol. The lowest BCUT2D eigenvalue weighted by Gasteiger charge is -2.26. The number of rotatable bonds is 5. The van der Waals surface area contributed by atoms with Crippen LogP contribution in [-0.4, -0.2) is 39.5 Å². The van der Waals surface area contributed by atoms with Crippen molar-refractivity contribution >= 4 is 34.8 Å². The van der Waals surface area contributed by atoms with Gasteiger partial charge in [0.2, 0.25) is 0 Å². The number of pyridine rings is 2. The molecule has 0 amide bonds. The van der Waals surface area contributed by atoms with Crippen LogP contribution in [0.4, 0.5) is 0 Å². The molecule has 0 fully saturated rings. The molecule has 4 rings (SSSR count). The van der Waals surface area contributed by atoms with E-state index >= 15 is 0 Å². The van der Waals surface area contributed by atoms with Crippen molar-refractivity contribution in [3.8, 4) is 0 Å². The van der Waals surface area contributed by atoms with Crippen LogP contribution in [0.2, 0.25) is 0 Å². The zero-order valence-corrected chi connectivity index (χ0v) is 17.1. The average Bonchev–Trinajstić information content (AvgIpc) is 2.75. The molecular formula is C23H22ClN3O2. The molecule has 0 saturated carbocycles. The van der Waals surface area contributed by atoms with Gasteiger partial charge in [-0.25, -0.2) is 0 Å². The molecular weight excluding hydrogens is 386 g/mol. The van der Waals surface area contributed by atoms with Gasteiger partial charge < -0.3 is 0 Å². The summed E-state index contributed by atoms with van der Waals surface area (Å²) in [4.78, 5) is 34.7. The Hall–Kier alpha value is -2.63. The summed E-state index contributed by atoms with van der Waals surface area (Å²) >= 11 is 5.92. The number of allylic oxidation sites excluding steroid dienone is 1. The Balaban J connectivity index is 1.41. The van der Waals surface area contributed by atoms with Gasteiger partial charge in [0, 0.05) is 44.9 Å². The molecule has 0 saturated heterocycles. The van der Waals surface area contributed by atoms with E-state index in [0.717, 1.165) is 48.4 Å². The molecule has 29 heavy (non-hydrogen) atoms. The van der Waals surface area contributed by atoms with E-state index in [-0.39, 0.29) is 16.6 Å². The molecule has 0 unspecified atom stereocenters. The number of carbonyl (C=O) groups excluding carboxylic acids is 2. The van der Waals surface area contributed by atoms with Crippen LogP contribution in [0.15, 0.2) is 41.7 Å². The number of carbonyl (C=O) groups is 2. The second-order valence-corrected chi connectivity index (χ2v) is 7.81. The third-order valence-electron chi connectivity index (χ3n) is 5.38. The van der Waals surface area contributed by atoms with E-state index in [0.29, 0.717) is 18.5 Å². The van der Waals surface area contributed by atoms with E-state index in [1.54, 1.807) is 12.3 Å². The second kappa shape index (κ2) is 8.39. The number of hydrogen-bond donors (Lipinski definition) is 0. The van der Waals surface area contributed by atoms with Gasteiger partial charge >= 0.3 is 0 Å². The molecule has 3 heterocycles. The Morgan fingerprint density at radius 1 is 1.24 bits per heavy atom. The van der Waals surface area contributed by atoms with Gasteiger partial charge in [0.25, 0.3) is 0 Å². The summed E-state index contributed by atoms with van der Waals surface area (Å²) in [5.74, 6) is 0.0161. The molecule has 0 bridgehead atoms. The van der Waals surface area contributed by atoms with Crippen molar-refractivity contribution in [1.29, 1.82) is 0 Å². The van der Waals surface area contributed by atoms with Gasteiger partial charge in [0.1, 0.15) is 5.69 Å². The molecule has 2 aromatic heterocycles. The van der Waals surface area contributed by atoms with Gasteiger partial charge in [-0.3, -0.25) is 24.5 Å². The lowest BCUT2D eigenvalue weighted by Crippen LogP contribution is -2.28. The fourth-order valence-corrected chi connectivity index (χ4v) is 3.86. The highest BCUT2D eigenvalue weighted by Gasteiger charge is 2.19. The van der Waals surface area contributed by atoms with Crippen LogP contribution in [0.5, 0.6) is 0 Å². The topological polar surface area (TPSA) is 63.2 Å². The van der Waals surface area contributed by atoms with Gasteiger partial charge in [-0.15, -0.1) is 0 Å². The van der Waals surface area contributed by atoms with E-state index in [1.165, 1.54) is 5.57 Å². The van der Waals surface area contributed by atoms with E-state index in [1.807, 2.05) is 25.3 Å². The minimum atomic E-state index is -0.0519. The summed E-state index contributed by atoms with van der Waals surface area (Å²) in [5, 5.41) is 0.257. The highest BCUT2D eigenvalue weighted by Crippen LogP contribution is 2.25. The van der Waals surface area contributed by atoms with Gasteiger partial charge in [-0.2, -0.15) is 0 Å². The lowest BCUT2D eigenvalue weighted by molar-refractivity contribution is -0.114. The lowest BCUT2D eigenvalue weighted by atomic mass is 9.98. The Bertz CT molecular complexity index is 1020. The fourth-order valence-electron chi connectivity index (χ4n) is 3.69. The van der Waals surface area contributed by atoms with Crippen LogP contribution >= 0.6 is 11.6 Å². The predicted octanol–water partition coefficient (Wildman–Crippen LogP) is 4.06. The Labute approximate surface area is 175 Å². The molecule has 0 radical (unpaired) electrons. The minimum Gasteiger partial charge on any atom is -0.295 e. The van der Waals surface area contributed by atoms with Crippen LogP contribution < -0.4 is 0 Å². The number of fused-ring (bicyclic) bond motifs is 1. The van der Waals surface area contributed by atoms with Crippen LogP contribution in [0.1, 0.15) is 52.6 Å². The van der Waals surface area contributed by atoms with Gasteiger partial charge in [0.05, 0.1) is 10.7 Å². The second-order valence-electron chi connectivity index (χ2n) is 7.40. The molecule has 1 aliphatic heterocycles. The smallest absolute Gasteiger partial charge is 0.180 e. The summed E-state index contributed by atoms with van der Waals surface area (Å²) in [6.07, 6.45) is 9.25. The van der Waals surface area contributed by atoms with Crippen molar-refractivity contribution in [3.05, 3.63) is 69.8 Å². The van der Waals surface area contributed by atoms with E-state index in [9.17, 15) is 9.59 Å². The van der Waals surface area contributed by atoms with Crippen LogP contribution in [0.3, 0.4) is 0 Å². The number of ketones is 2. The van der Waals surface area contributed by atoms with Gasteiger partial charge in [-0.1, -0.05) is 36.7 Å². The van der Waals surface area contributed by atoms with Gasteiger partial charge in [-0.05, 0) is 40.8 Å². The maximum absolute atomic E-state index is 11.8. The number of aromatic nitrogens is 2. The average molecular weight is 408 g/mol. The van der Waals surface area contributed by atoms with Crippen molar-refractivity contribution in [2.24, 2.45) is 0 Å². The summed E-state index contributed by atoms with van der Waals surface area (Å²) in [7, 11) is 0. The predicted molar refractivity (Wildman–Crippen MR) is 114 cm³/mol. The number of nitrogens with zero attached hydrogens (tertiary/aromatic N) is 3. The maximum atomic E-state index is 11.8. The molecule has 2 aliphatic rings. The first-order valence-electron chi connectivity index (χ1n) is 9.82. The third kappa shape index (κ3) is 4.36. The molecule has 5 nitrogen and oxygen atoms in total. The van der Waals surface area contributed by atoms with Crippen molar-refractivity contribution < 1.29 is 9.59 Å². The van der Waals surface area contributed by atoms with E-state index in [2.05, 4.69) is 27.0 Å². The Morgan fingerprint density at radius 3 is 2.79 bits per heavy atom. The SMILES string of the molecule is CCC(=O)c1ccc(C2=CCN(Cc3cnc4c(c3)CC(=O)C(Cl)=C4)CC2)cn1. The van der Waals surface area contributed by atoms with Gasteiger partial charge in [0.15, 0.2) is 11.6 Å². The molecule has 0 aromatic carbocycles. The zero-order valence-electron chi connectivity index (χ0n) is 16.3. The van der Waals surface area contributed by atoms with Crippen LogP contribution in [0.25, 0.3) is 11.6 Å². The quantitative estimate of drug-likeness (QED) is 0.699. The number of Topliss-reactive ketones (excluding diaryl/α,β-unsaturated/α-hetero) is 2. The fraction of sp³-hybridized carbons (Fsp3) is 0.304. The Kier molecular flexibility index (Phi) is 5.69. The first kappa shape index (κ1) is 19.7. The van der Waals surface area contributed by atoms with E-state index < -0.39 is 0 Å². The van der Waals surface area contributed by atoms with Crippen LogP contribution in [0, 0.1) is 0 Å². The molecule has 0 spiro atoms. The van der Waals surface area contributed by atoms with E-state index in [4.69, 9.17) is 11.6 Å². The summed E-state index contributed by atoms with van der Waals surface area (Å²) in [6, 6.07) is 5.86. The third-order valence-corrected chi connectivity index (χ3v) is 5.70. The van der Waals surface area contributed by atoms with Crippen molar-refractivity contribution in [2.45, 2.75) is 32.7 Å². The first-order chi connectivity index (χ1) is 14.0. The summed E-state index contributed by atoms with van der Waals surface area (Å²) in [5.41, 5.74) is 5.70. The van der Waals surface area contributed by atoms with Crippen LogP contribution in [-0.2, 0) is 17.8 Å². The first-order valence-corrected chi connectivity index (χ1v) is 10.2. The standard InChI is InChI=1S/C23H22ClN3O2/c1-2-22(28)20-4-3-17(13-26-20)16-5-7-27(8-6-16)14-15-9-18-10-23(29)19(24)11-21(18)25-12-15/h3-5,9,11-13H,2,6-8,10,14H2,1H3. The normalized spacial score (nSPS) is 16.8. The summed E-state index contributed by atoms with van der Waals surface area (Å²) < 4.78 is 0. The minimum absolute atomic E-state index is 0.0519. The highest BCUT2D eigenvalue weighted by molar-refractivity contribution is 6.45. The van der Waals surface area contributed by atoms with Crippen molar-refractivity contribution in [3.63, 3.8) is 0 Å². The molecule has 0 N–H and O–H groups in total.